The normalized spacial score (nSPS) is 18.8. The van der Waals surface area contributed by atoms with E-state index in [-0.39, 0.29) is 6.04 Å². The van der Waals surface area contributed by atoms with Gasteiger partial charge >= 0.3 is 0 Å². The summed E-state index contributed by atoms with van der Waals surface area (Å²) in [5.41, 5.74) is 3.56. The summed E-state index contributed by atoms with van der Waals surface area (Å²) in [5.74, 6) is 0.528. The van der Waals surface area contributed by atoms with Gasteiger partial charge in [0.2, 0.25) is 4.80 Å². The smallest absolute Gasteiger partial charge is 0.206 e. The van der Waals surface area contributed by atoms with E-state index in [0.29, 0.717) is 5.92 Å². The number of nitrogens with zero attached hydrogens (tertiary/aromatic N) is 3. The van der Waals surface area contributed by atoms with Gasteiger partial charge in [0.25, 0.3) is 0 Å². The SMILES string of the molecule is Cc1ccc(-c2csc(=NC(C)C)n2N=CC2CC=CCC2)cc1. The number of benzene rings is 1. The van der Waals surface area contributed by atoms with Gasteiger partial charge in [-0.25, -0.2) is 4.68 Å². The van der Waals surface area contributed by atoms with Crippen molar-refractivity contribution in [3.8, 4) is 11.3 Å². The Labute approximate surface area is 148 Å². The number of hydrogen-bond donors (Lipinski definition) is 0. The van der Waals surface area contributed by atoms with Gasteiger partial charge in [-0.05, 0) is 46.0 Å². The van der Waals surface area contributed by atoms with Gasteiger partial charge in [-0.1, -0.05) is 42.0 Å². The largest absolute Gasteiger partial charge is 0.255 e. The van der Waals surface area contributed by atoms with Crippen molar-refractivity contribution in [2.75, 3.05) is 0 Å². The Balaban J connectivity index is 2.00. The van der Waals surface area contributed by atoms with Crippen LogP contribution in [-0.4, -0.2) is 16.9 Å². The Morgan fingerprint density at radius 2 is 2.00 bits per heavy atom. The zero-order valence-corrected chi connectivity index (χ0v) is 15.5. The monoisotopic (exact) mass is 339 g/mol. The maximum Gasteiger partial charge on any atom is 0.206 e. The molecule has 0 saturated heterocycles. The molecule has 2 aromatic rings. The van der Waals surface area contributed by atoms with Crippen LogP contribution in [0.5, 0.6) is 0 Å². The first kappa shape index (κ1) is 16.9. The fourth-order valence-electron chi connectivity index (χ4n) is 2.76. The van der Waals surface area contributed by atoms with Crippen molar-refractivity contribution in [3.63, 3.8) is 0 Å². The molecule has 0 N–H and O–H groups in total. The first-order chi connectivity index (χ1) is 11.6. The van der Waals surface area contributed by atoms with E-state index < -0.39 is 0 Å². The van der Waals surface area contributed by atoms with E-state index in [1.807, 2.05) is 4.68 Å². The second-order valence-electron chi connectivity index (χ2n) is 6.61. The molecule has 0 aliphatic heterocycles. The summed E-state index contributed by atoms with van der Waals surface area (Å²) in [6, 6.07) is 8.87. The molecule has 1 heterocycles. The van der Waals surface area contributed by atoms with Gasteiger partial charge in [0.05, 0.1) is 5.69 Å². The lowest BCUT2D eigenvalue weighted by atomic mass is 9.96. The van der Waals surface area contributed by atoms with Crippen LogP contribution in [0.2, 0.25) is 0 Å². The molecule has 3 nitrogen and oxygen atoms in total. The number of hydrogen-bond acceptors (Lipinski definition) is 3. The fraction of sp³-hybridized carbons (Fsp3) is 0.400. The maximum absolute atomic E-state index is 4.82. The average Bonchev–Trinajstić information content (AvgIpc) is 2.96. The standard InChI is InChI=1S/C20H25N3S/c1-15(2)22-20-23(21-13-17-7-5-4-6-8-17)19(14-24-20)18-11-9-16(3)10-12-18/h4-5,9-15,17H,6-8H2,1-3H3. The molecule has 126 valence electrons. The van der Waals surface area contributed by atoms with E-state index in [4.69, 9.17) is 10.1 Å². The van der Waals surface area contributed by atoms with Crippen LogP contribution in [0.3, 0.4) is 0 Å². The lowest BCUT2D eigenvalue weighted by molar-refractivity contribution is 0.621. The van der Waals surface area contributed by atoms with Crippen LogP contribution in [0.4, 0.5) is 0 Å². The van der Waals surface area contributed by atoms with Crippen molar-refractivity contribution < 1.29 is 0 Å². The Morgan fingerprint density at radius 3 is 2.67 bits per heavy atom. The summed E-state index contributed by atoms with van der Waals surface area (Å²) < 4.78 is 2.01. The van der Waals surface area contributed by atoms with Crippen molar-refractivity contribution in [1.82, 2.24) is 4.68 Å². The third kappa shape index (κ3) is 4.12. The van der Waals surface area contributed by atoms with Crippen LogP contribution in [0.1, 0.15) is 38.7 Å². The summed E-state index contributed by atoms with van der Waals surface area (Å²) in [4.78, 5) is 5.70. The van der Waals surface area contributed by atoms with E-state index >= 15 is 0 Å². The van der Waals surface area contributed by atoms with E-state index in [1.54, 1.807) is 11.3 Å². The molecule has 0 spiro atoms. The minimum Gasteiger partial charge on any atom is -0.255 e. The minimum atomic E-state index is 0.258. The molecule has 1 aromatic heterocycles. The van der Waals surface area contributed by atoms with Gasteiger partial charge in [-0.2, -0.15) is 5.10 Å². The number of aromatic nitrogens is 1. The van der Waals surface area contributed by atoms with Crippen LogP contribution in [0.15, 0.2) is 51.9 Å². The summed E-state index contributed by atoms with van der Waals surface area (Å²) in [7, 11) is 0. The Kier molecular flexibility index (Phi) is 5.46. The second kappa shape index (κ2) is 7.75. The molecule has 0 amide bonds. The molecular weight excluding hydrogens is 314 g/mol. The molecule has 1 unspecified atom stereocenters. The van der Waals surface area contributed by atoms with Gasteiger partial charge in [-0.3, -0.25) is 4.99 Å². The van der Waals surface area contributed by atoms with Crippen LogP contribution in [0, 0.1) is 12.8 Å². The summed E-state index contributed by atoms with van der Waals surface area (Å²) in [5, 5.41) is 6.97. The van der Waals surface area contributed by atoms with Gasteiger partial charge in [0, 0.05) is 23.2 Å². The van der Waals surface area contributed by atoms with E-state index in [0.717, 1.165) is 23.3 Å². The molecular formula is C20H25N3S. The highest BCUT2D eigenvalue weighted by Gasteiger charge is 2.10. The lowest BCUT2D eigenvalue weighted by Crippen LogP contribution is -2.15. The third-order valence-electron chi connectivity index (χ3n) is 4.10. The zero-order chi connectivity index (χ0) is 16.9. The molecule has 1 aromatic carbocycles. The van der Waals surface area contributed by atoms with E-state index in [2.05, 4.69) is 68.8 Å². The Morgan fingerprint density at radius 1 is 1.21 bits per heavy atom. The van der Waals surface area contributed by atoms with Crippen LogP contribution < -0.4 is 4.80 Å². The Hall–Kier alpha value is -1.94. The topological polar surface area (TPSA) is 29.6 Å². The highest BCUT2D eigenvalue weighted by atomic mass is 32.1. The van der Waals surface area contributed by atoms with E-state index in [9.17, 15) is 0 Å². The van der Waals surface area contributed by atoms with Gasteiger partial charge in [-0.15, -0.1) is 11.3 Å². The van der Waals surface area contributed by atoms with Gasteiger partial charge in [0.1, 0.15) is 0 Å². The first-order valence-corrected chi connectivity index (χ1v) is 9.52. The highest BCUT2D eigenvalue weighted by molar-refractivity contribution is 7.07. The number of rotatable bonds is 4. The van der Waals surface area contributed by atoms with E-state index in [1.165, 1.54) is 17.5 Å². The van der Waals surface area contributed by atoms with Crippen LogP contribution in [0.25, 0.3) is 11.3 Å². The first-order valence-electron chi connectivity index (χ1n) is 8.64. The minimum absolute atomic E-state index is 0.258. The van der Waals surface area contributed by atoms with Gasteiger partial charge in [0.15, 0.2) is 0 Å². The molecule has 0 fully saturated rings. The molecule has 1 aliphatic rings. The molecule has 0 radical (unpaired) electrons. The quantitative estimate of drug-likeness (QED) is 0.553. The number of thiazole rings is 1. The van der Waals surface area contributed by atoms with Crippen molar-refractivity contribution >= 4 is 17.6 Å². The molecule has 0 bridgehead atoms. The lowest BCUT2D eigenvalue weighted by Gasteiger charge is -2.12. The predicted octanol–water partition coefficient (Wildman–Crippen LogP) is 5.02. The molecule has 1 atom stereocenters. The molecule has 1 aliphatic carbocycles. The van der Waals surface area contributed by atoms with Crippen LogP contribution in [-0.2, 0) is 0 Å². The third-order valence-corrected chi connectivity index (χ3v) is 4.93. The molecule has 4 heteroatoms. The van der Waals surface area contributed by atoms with Crippen molar-refractivity contribution in [3.05, 3.63) is 52.2 Å². The zero-order valence-electron chi connectivity index (χ0n) is 14.6. The van der Waals surface area contributed by atoms with Crippen molar-refractivity contribution in [1.29, 1.82) is 0 Å². The summed E-state index contributed by atoms with van der Waals surface area (Å²) in [6.07, 6.45) is 10.1. The van der Waals surface area contributed by atoms with Crippen molar-refractivity contribution in [2.45, 2.75) is 46.1 Å². The van der Waals surface area contributed by atoms with Crippen molar-refractivity contribution in [2.24, 2.45) is 16.0 Å². The number of allylic oxidation sites excluding steroid dienone is 2. The Bertz CT molecular complexity index is 791. The predicted molar refractivity (Wildman–Crippen MR) is 104 cm³/mol. The maximum atomic E-state index is 4.82. The number of aryl methyl sites for hydroxylation is 1. The second-order valence-corrected chi connectivity index (χ2v) is 7.45. The molecule has 24 heavy (non-hydrogen) atoms. The summed E-state index contributed by atoms with van der Waals surface area (Å²) >= 11 is 1.66. The van der Waals surface area contributed by atoms with Crippen LogP contribution >= 0.6 is 11.3 Å². The van der Waals surface area contributed by atoms with Gasteiger partial charge < -0.3 is 0 Å². The molecule has 3 rings (SSSR count). The summed E-state index contributed by atoms with van der Waals surface area (Å²) in [6.45, 7) is 6.32. The highest BCUT2D eigenvalue weighted by Crippen LogP contribution is 2.21. The fourth-order valence-corrected chi connectivity index (χ4v) is 3.73. The average molecular weight is 340 g/mol. The molecule has 0 saturated carbocycles.